The van der Waals surface area contributed by atoms with Crippen LogP contribution in [0.15, 0.2) is 85.2 Å². The Labute approximate surface area is 196 Å². The monoisotopic (exact) mass is 460 g/mol. The Morgan fingerprint density at radius 2 is 1.88 bits per heavy atom. The molecule has 0 bridgehead atoms. The van der Waals surface area contributed by atoms with Crippen molar-refractivity contribution in [2.45, 2.75) is 30.2 Å². The van der Waals surface area contributed by atoms with Crippen molar-refractivity contribution >= 4 is 40.8 Å². The Kier molecular flexibility index (Phi) is 7.05. The number of aliphatic imine (C=N–C) groups is 1. The van der Waals surface area contributed by atoms with Crippen LogP contribution in [0.3, 0.4) is 0 Å². The molecule has 1 aliphatic heterocycles. The molecule has 4 nitrogen and oxygen atoms in total. The van der Waals surface area contributed by atoms with E-state index in [2.05, 4.69) is 41.9 Å². The summed E-state index contributed by atoms with van der Waals surface area (Å²) in [6.07, 6.45) is 0.870. The summed E-state index contributed by atoms with van der Waals surface area (Å²) in [5, 5.41) is 5.10. The predicted molar refractivity (Wildman–Crippen MR) is 133 cm³/mol. The number of benzene rings is 2. The smallest absolute Gasteiger partial charge is 0.150 e. The van der Waals surface area contributed by atoms with Gasteiger partial charge in [-0.25, -0.2) is 4.99 Å². The molecule has 0 spiro atoms. The standard InChI is InChI=1S/C19H13NOS2.C7H11NO/c1-12-8-9-22-19(12)18-14-4-2-3-5-16(14)23-17-7-6-13(11-21)10-15(17)20-18;1-6-3-4-7(9-6)5-8-2/h2-11H,1H3;3-4,8H,5H2,1-2H3. The number of nitrogens with zero attached hydrogens (tertiary/aromatic N) is 1. The lowest BCUT2D eigenvalue weighted by molar-refractivity contribution is 0.112. The molecule has 5 rings (SSSR count). The molecule has 2 aromatic heterocycles. The maximum atomic E-state index is 11.1. The molecule has 0 unspecified atom stereocenters. The second-order valence-electron chi connectivity index (χ2n) is 7.38. The van der Waals surface area contributed by atoms with Gasteiger partial charge in [-0.05, 0) is 68.2 Å². The zero-order valence-electron chi connectivity index (χ0n) is 18.2. The maximum Gasteiger partial charge on any atom is 0.150 e. The van der Waals surface area contributed by atoms with Gasteiger partial charge >= 0.3 is 0 Å². The number of rotatable bonds is 4. The highest BCUT2D eigenvalue weighted by Gasteiger charge is 2.20. The molecule has 2 aromatic carbocycles. The largest absolute Gasteiger partial charge is 0.465 e. The number of fused-ring (bicyclic) bond motifs is 2. The van der Waals surface area contributed by atoms with E-state index in [-0.39, 0.29) is 0 Å². The fraction of sp³-hybridized carbons (Fsp3) is 0.154. The average Bonchev–Trinajstić information content (AvgIpc) is 3.37. The summed E-state index contributed by atoms with van der Waals surface area (Å²) >= 11 is 3.41. The van der Waals surface area contributed by atoms with Crippen LogP contribution >= 0.6 is 23.1 Å². The molecule has 4 aromatic rings. The predicted octanol–water partition coefficient (Wildman–Crippen LogP) is 6.81. The Morgan fingerprint density at radius 3 is 2.56 bits per heavy atom. The molecule has 0 aliphatic carbocycles. The number of aryl methyl sites for hydroxylation is 2. The van der Waals surface area contributed by atoms with Gasteiger partial charge in [-0.2, -0.15) is 0 Å². The Morgan fingerprint density at radius 1 is 1.03 bits per heavy atom. The molecule has 0 atom stereocenters. The minimum absolute atomic E-state index is 0.654. The second-order valence-corrected chi connectivity index (χ2v) is 9.38. The van der Waals surface area contributed by atoms with E-state index in [0.717, 1.165) is 46.2 Å². The van der Waals surface area contributed by atoms with Gasteiger partial charge in [-0.1, -0.05) is 36.0 Å². The van der Waals surface area contributed by atoms with Crippen LogP contribution in [-0.4, -0.2) is 19.0 Å². The zero-order chi connectivity index (χ0) is 22.5. The van der Waals surface area contributed by atoms with Crippen LogP contribution in [0, 0.1) is 13.8 Å². The Bertz CT molecular complexity index is 1270. The molecule has 1 N–H and O–H groups in total. The van der Waals surface area contributed by atoms with Crippen LogP contribution in [0.5, 0.6) is 0 Å². The summed E-state index contributed by atoms with van der Waals surface area (Å²) in [7, 11) is 1.90. The summed E-state index contributed by atoms with van der Waals surface area (Å²) < 4.78 is 5.26. The number of furan rings is 1. The molecule has 0 saturated heterocycles. The van der Waals surface area contributed by atoms with Crippen molar-refractivity contribution in [2.75, 3.05) is 7.05 Å². The van der Waals surface area contributed by atoms with Crippen LogP contribution in [0.25, 0.3) is 0 Å². The van der Waals surface area contributed by atoms with Crippen molar-refractivity contribution in [3.8, 4) is 0 Å². The van der Waals surface area contributed by atoms with E-state index in [4.69, 9.17) is 9.41 Å². The van der Waals surface area contributed by atoms with Gasteiger partial charge in [-0.3, -0.25) is 4.79 Å². The number of hydrogen-bond acceptors (Lipinski definition) is 6. The third kappa shape index (κ3) is 4.93. The highest BCUT2D eigenvalue weighted by Crippen LogP contribution is 2.42. The molecule has 6 heteroatoms. The molecule has 0 fully saturated rings. The van der Waals surface area contributed by atoms with Crippen molar-refractivity contribution < 1.29 is 9.21 Å². The third-order valence-electron chi connectivity index (χ3n) is 4.94. The number of thiophene rings is 1. The van der Waals surface area contributed by atoms with Crippen LogP contribution < -0.4 is 5.32 Å². The lowest BCUT2D eigenvalue weighted by atomic mass is 10.1. The molecular formula is C26H24N2O2S2. The van der Waals surface area contributed by atoms with E-state index in [1.54, 1.807) is 23.1 Å². The number of hydrogen-bond donors (Lipinski definition) is 1. The summed E-state index contributed by atoms with van der Waals surface area (Å²) in [6.45, 7) is 4.87. The van der Waals surface area contributed by atoms with Crippen molar-refractivity contribution in [2.24, 2.45) is 4.99 Å². The number of aldehydes is 1. The van der Waals surface area contributed by atoms with Crippen molar-refractivity contribution in [3.63, 3.8) is 0 Å². The second kappa shape index (κ2) is 10.1. The number of carbonyl (C=O) groups excluding carboxylic acids is 1. The van der Waals surface area contributed by atoms with Crippen LogP contribution in [0.4, 0.5) is 5.69 Å². The van der Waals surface area contributed by atoms with Gasteiger partial charge in [-0.15, -0.1) is 11.3 Å². The summed E-state index contributed by atoms with van der Waals surface area (Å²) in [5.74, 6) is 1.97. The third-order valence-corrected chi connectivity index (χ3v) is 7.10. The summed E-state index contributed by atoms with van der Waals surface area (Å²) in [4.78, 5) is 19.5. The molecule has 162 valence electrons. The fourth-order valence-corrected chi connectivity index (χ4v) is 5.31. The van der Waals surface area contributed by atoms with Gasteiger partial charge in [0, 0.05) is 20.9 Å². The van der Waals surface area contributed by atoms with Crippen molar-refractivity contribution in [1.29, 1.82) is 0 Å². The van der Waals surface area contributed by atoms with E-state index in [0.29, 0.717) is 5.56 Å². The highest BCUT2D eigenvalue weighted by atomic mass is 32.2. The van der Waals surface area contributed by atoms with Gasteiger partial charge in [0.15, 0.2) is 0 Å². The fourth-order valence-electron chi connectivity index (χ4n) is 3.37. The van der Waals surface area contributed by atoms with Gasteiger partial charge in [0.1, 0.15) is 17.8 Å². The molecular weight excluding hydrogens is 436 g/mol. The van der Waals surface area contributed by atoms with Gasteiger partial charge < -0.3 is 9.73 Å². The summed E-state index contributed by atoms with van der Waals surface area (Å²) in [6, 6.07) is 20.1. The Balaban J connectivity index is 0.000000230. The van der Waals surface area contributed by atoms with Crippen molar-refractivity contribution in [3.05, 3.63) is 99.1 Å². The van der Waals surface area contributed by atoms with E-state index < -0.39 is 0 Å². The first-order chi connectivity index (χ1) is 15.6. The first-order valence-electron chi connectivity index (χ1n) is 10.3. The lowest BCUT2D eigenvalue weighted by Gasteiger charge is -2.08. The minimum atomic E-state index is 0.654. The van der Waals surface area contributed by atoms with E-state index in [1.807, 2.05) is 50.4 Å². The zero-order valence-corrected chi connectivity index (χ0v) is 19.8. The SMILES string of the molecule is CNCc1ccc(C)o1.Cc1ccsc1C1=Nc2cc(C=O)ccc2Sc2ccccc21. The normalized spacial score (nSPS) is 12.0. The maximum absolute atomic E-state index is 11.1. The van der Waals surface area contributed by atoms with Gasteiger partial charge in [0.25, 0.3) is 0 Å². The first kappa shape index (κ1) is 22.3. The van der Waals surface area contributed by atoms with E-state index >= 15 is 0 Å². The molecule has 1 aliphatic rings. The minimum Gasteiger partial charge on any atom is -0.465 e. The molecule has 32 heavy (non-hydrogen) atoms. The lowest BCUT2D eigenvalue weighted by Crippen LogP contribution is -2.03. The van der Waals surface area contributed by atoms with Crippen LogP contribution in [0.1, 0.15) is 37.9 Å². The topological polar surface area (TPSA) is 54.6 Å². The quantitative estimate of drug-likeness (QED) is 0.299. The molecule has 0 radical (unpaired) electrons. The highest BCUT2D eigenvalue weighted by molar-refractivity contribution is 7.99. The number of carbonyl (C=O) groups is 1. The van der Waals surface area contributed by atoms with E-state index in [1.165, 1.54) is 15.3 Å². The van der Waals surface area contributed by atoms with Gasteiger partial charge in [0.2, 0.25) is 0 Å². The van der Waals surface area contributed by atoms with Crippen LogP contribution in [0.2, 0.25) is 0 Å². The first-order valence-corrected chi connectivity index (χ1v) is 12.0. The van der Waals surface area contributed by atoms with Crippen molar-refractivity contribution in [1.82, 2.24) is 5.32 Å². The molecule has 0 saturated carbocycles. The number of nitrogens with one attached hydrogen (secondary N) is 1. The average molecular weight is 461 g/mol. The van der Waals surface area contributed by atoms with E-state index in [9.17, 15) is 4.79 Å². The van der Waals surface area contributed by atoms with Crippen LogP contribution in [-0.2, 0) is 6.54 Å². The molecule has 3 heterocycles. The molecule has 0 amide bonds. The summed E-state index contributed by atoms with van der Waals surface area (Å²) in [5.41, 5.74) is 4.87. The Hall–Kier alpha value is -2.93. The van der Waals surface area contributed by atoms with Gasteiger partial charge in [0.05, 0.1) is 22.8 Å².